The van der Waals surface area contributed by atoms with Crippen LogP contribution in [0.25, 0.3) is 0 Å². The number of carbonyl (C=O) groups excluding carboxylic acids is 2. The molecule has 5 fully saturated rings. The van der Waals surface area contributed by atoms with Crippen molar-refractivity contribution in [3.63, 3.8) is 0 Å². The molecular formula is C23H24N2O7. The number of carbonyl (C=O) groups is 2. The van der Waals surface area contributed by atoms with Crippen molar-refractivity contribution in [2.45, 2.75) is 41.6 Å². The Balaban J connectivity index is 1.59. The average Bonchev–Trinajstić information content (AvgIpc) is 3.34. The van der Waals surface area contributed by atoms with Crippen molar-refractivity contribution in [2.24, 2.45) is 5.92 Å². The van der Waals surface area contributed by atoms with Crippen LogP contribution < -0.4 is 9.64 Å². The number of nitrogens with zero attached hydrogens (tertiary/aromatic N) is 2. The molecule has 4 bridgehead atoms. The maximum Gasteiger partial charge on any atom is 0.255 e. The van der Waals surface area contributed by atoms with Crippen molar-refractivity contribution in [1.82, 2.24) is 4.90 Å². The minimum Gasteiger partial charge on any atom is -0.503 e. The molecule has 1 amide bonds. The number of aliphatic hydroxyl groups is 1. The molecule has 6 heterocycles. The number of epoxide rings is 1. The minimum absolute atomic E-state index is 0.0367. The van der Waals surface area contributed by atoms with Gasteiger partial charge in [0.05, 0.1) is 24.3 Å². The molecule has 2 N–H and O–H groups in total. The predicted molar refractivity (Wildman–Crippen MR) is 109 cm³/mol. The number of methoxy groups -OCH3 is 1. The van der Waals surface area contributed by atoms with Gasteiger partial charge in [0.15, 0.2) is 11.5 Å². The summed E-state index contributed by atoms with van der Waals surface area (Å²) in [5.74, 6) is -0.802. The van der Waals surface area contributed by atoms with Gasteiger partial charge in [-0.15, -0.1) is 0 Å². The molecule has 1 saturated carbocycles. The number of likely N-dealkylation sites (N-methyl/N-ethyl adjacent to an activating group) is 1. The molecule has 0 radical (unpaired) electrons. The number of benzene rings is 1. The monoisotopic (exact) mass is 440 g/mol. The first kappa shape index (κ1) is 18.9. The smallest absolute Gasteiger partial charge is 0.255 e. The summed E-state index contributed by atoms with van der Waals surface area (Å²) in [6.07, 6.45) is 1.59. The first-order chi connectivity index (χ1) is 15.3. The van der Waals surface area contributed by atoms with E-state index >= 15 is 0 Å². The first-order valence-electron chi connectivity index (χ1n) is 11.0. The van der Waals surface area contributed by atoms with Gasteiger partial charge in [0.25, 0.3) is 5.91 Å². The van der Waals surface area contributed by atoms with Crippen molar-refractivity contribution in [3.05, 3.63) is 29.5 Å². The first-order valence-corrected chi connectivity index (χ1v) is 11.0. The number of ketones is 1. The second-order valence-corrected chi connectivity index (χ2v) is 9.97. The fraction of sp³-hybridized carbons (Fsp3) is 0.565. The van der Waals surface area contributed by atoms with E-state index in [1.807, 2.05) is 7.05 Å². The largest absolute Gasteiger partial charge is 0.503 e. The Morgan fingerprint density at radius 2 is 2.09 bits per heavy atom. The second-order valence-electron chi connectivity index (χ2n) is 9.97. The number of phenols is 1. The van der Waals surface area contributed by atoms with Crippen LogP contribution in [-0.2, 0) is 24.5 Å². The van der Waals surface area contributed by atoms with Gasteiger partial charge in [-0.3, -0.25) is 14.5 Å². The molecule has 1 aromatic rings. The zero-order valence-corrected chi connectivity index (χ0v) is 17.8. The van der Waals surface area contributed by atoms with E-state index in [2.05, 4.69) is 4.90 Å². The van der Waals surface area contributed by atoms with Gasteiger partial charge < -0.3 is 29.3 Å². The van der Waals surface area contributed by atoms with Crippen LogP contribution in [-0.4, -0.2) is 84.0 Å². The maximum atomic E-state index is 14.1. The lowest BCUT2D eigenvalue weighted by Gasteiger charge is -2.55. The maximum absolute atomic E-state index is 14.1. The van der Waals surface area contributed by atoms with Crippen LogP contribution in [0.4, 0.5) is 5.69 Å². The fourth-order valence-corrected chi connectivity index (χ4v) is 7.37. The highest BCUT2D eigenvalue weighted by Gasteiger charge is 2.80. The Morgan fingerprint density at radius 3 is 2.88 bits per heavy atom. The fourth-order valence-electron chi connectivity index (χ4n) is 7.37. The minimum atomic E-state index is -1.61. The lowest BCUT2D eigenvalue weighted by atomic mass is 9.53. The molecule has 4 saturated heterocycles. The molecule has 7 aliphatic rings. The van der Waals surface area contributed by atoms with Gasteiger partial charge in [-0.25, -0.2) is 0 Å². The number of amides is 1. The van der Waals surface area contributed by atoms with E-state index in [0.29, 0.717) is 25.1 Å². The molecule has 9 heteroatoms. The molecule has 8 rings (SSSR count). The number of phenolic OH excluding ortho intramolecular Hbond substituents is 1. The zero-order chi connectivity index (χ0) is 22.2. The summed E-state index contributed by atoms with van der Waals surface area (Å²) in [5.41, 5.74) is -2.70. The van der Waals surface area contributed by atoms with Crippen molar-refractivity contribution in [2.75, 3.05) is 38.8 Å². The number of rotatable bonds is 1. The van der Waals surface area contributed by atoms with Crippen LogP contribution in [0.5, 0.6) is 11.5 Å². The molecule has 1 aromatic carbocycles. The van der Waals surface area contributed by atoms with Crippen LogP contribution in [0.1, 0.15) is 18.4 Å². The van der Waals surface area contributed by atoms with E-state index in [-0.39, 0.29) is 47.9 Å². The van der Waals surface area contributed by atoms with E-state index < -0.39 is 34.5 Å². The Labute approximate surface area is 184 Å². The number of anilines is 1. The number of hydrogen-bond acceptors (Lipinski definition) is 8. The Hall–Kier alpha value is -2.62. The number of hydrogen-bond donors (Lipinski definition) is 2. The van der Waals surface area contributed by atoms with E-state index in [1.165, 1.54) is 18.1 Å². The van der Waals surface area contributed by atoms with Crippen LogP contribution >= 0.6 is 0 Å². The van der Waals surface area contributed by atoms with Gasteiger partial charge in [-0.05, 0) is 31.6 Å². The Kier molecular flexibility index (Phi) is 3.23. The Bertz CT molecular complexity index is 1150. The molecular weight excluding hydrogens is 416 g/mol. The van der Waals surface area contributed by atoms with Crippen molar-refractivity contribution in [1.29, 1.82) is 0 Å². The summed E-state index contributed by atoms with van der Waals surface area (Å²) in [6.45, 7) is 1.38. The second kappa shape index (κ2) is 5.47. The average molecular weight is 440 g/mol. The summed E-state index contributed by atoms with van der Waals surface area (Å²) >= 11 is 0. The summed E-state index contributed by atoms with van der Waals surface area (Å²) in [6, 6.07) is 2.45. The van der Waals surface area contributed by atoms with E-state index in [4.69, 9.17) is 14.2 Å². The van der Waals surface area contributed by atoms with Crippen LogP contribution in [0, 0.1) is 5.92 Å². The van der Waals surface area contributed by atoms with Gasteiger partial charge in [0.1, 0.15) is 35.5 Å². The van der Waals surface area contributed by atoms with Gasteiger partial charge >= 0.3 is 0 Å². The molecule has 2 spiro atoms. The molecule has 6 aliphatic heterocycles. The third-order valence-corrected chi connectivity index (χ3v) is 8.74. The molecule has 168 valence electrons. The van der Waals surface area contributed by atoms with Crippen molar-refractivity contribution in [3.8, 4) is 11.5 Å². The van der Waals surface area contributed by atoms with Gasteiger partial charge in [0.2, 0.25) is 0 Å². The molecule has 1 aliphatic carbocycles. The SMILES string of the molecule is COc1ccc2c(c1O)N1C(=O)C=C3OCC4OC45CN(C)CCC24C(=O)CC5C3(O)C14. The van der Waals surface area contributed by atoms with Crippen molar-refractivity contribution < 1.29 is 34.0 Å². The normalized spacial score (nSPS) is 43.3. The number of fused-ring (bicyclic) bond motifs is 6. The summed E-state index contributed by atoms with van der Waals surface area (Å²) in [7, 11) is 3.42. The summed E-state index contributed by atoms with van der Waals surface area (Å²) in [4.78, 5) is 31.0. The Morgan fingerprint density at radius 1 is 1.28 bits per heavy atom. The number of Topliss-reactive ketones (excluding diaryl/α,β-unsaturated/α-hetero) is 1. The van der Waals surface area contributed by atoms with Crippen LogP contribution in [0.15, 0.2) is 24.0 Å². The molecule has 6 unspecified atom stereocenters. The lowest BCUT2D eigenvalue weighted by molar-refractivity contribution is -0.154. The topological polar surface area (TPSA) is 112 Å². The standard InChI is InChI=1S/C23H24N2O7/c1-24-6-5-21-11-3-4-12(30-2)19(28)18(11)25-17(27)8-15-23(29,20(21)25)13(7-14(21)26)22(10-24)16(32-22)9-31-15/h3-4,8,13,16,20,28-29H,5-7,9-10H2,1-2H3. The van der Waals surface area contributed by atoms with Crippen molar-refractivity contribution >= 4 is 17.4 Å². The number of ether oxygens (including phenoxy) is 3. The highest BCUT2D eigenvalue weighted by Crippen LogP contribution is 2.67. The molecule has 0 aromatic heterocycles. The van der Waals surface area contributed by atoms with Gasteiger partial charge in [-0.2, -0.15) is 0 Å². The molecule has 32 heavy (non-hydrogen) atoms. The number of aromatic hydroxyl groups is 1. The van der Waals surface area contributed by atoms with E-state index in [0.717, 1.165) is 0 Å². The third kappa shape index (κ3) is 1.78. The quantitative estimate of drug-likeness (QED) is 0.591. The van der Waals surface area contributed by atoms with Crippen LogP contribution in [0.2, 0.25) is 0 Å². The zero-order valence-electron chi connectivity index (χ0n) is 17.8. The molecule has 6 atom stereocenters. The third-order valence-electron chi connectivity index (χ3n) is 8.74. The van der Waals surface area contributed by atoms with Gasteiger partial charge in [0, 0.05) is 25.0 Å². The van der Waals surface area contributed by atoms with Gasteiger partial charge in [-0.1, -0.05) is 6.07 Å². The van der Waals surface area contributed by atoms with E-state index in [9.17, 15) is 19.8 Å². The summed E-state index contributed by atoms with van der Waals surface area (Å²) < 4.78 is 17.5. The predicted octanol–water partition coefficient (Wildman–Crippen LogP) is 0.0747. The van der Waals surface area contributed by atoms with E-state index in [1.54, 1.807) is 12.1 Å². The highest BCUT2D eigenvalue weighted by molar-refractivity contribution is 6.12. The van der Waals surface area contributed by atoms with Crippen LogP contribution in [0.3, 0.4) is 0 Å². The summed E-state index contributed by atoms with van der Waals surface area (Å²) in [5, 5.41) is 23.6. The molecule has 9 nitrogen and oxygen atoms in total. The highest BCUT2D eigenvalue weighted by atomic mass is 16.6. The lowest BCUT2D eigenvalue weighted by Crippen LogP contribution is -2.73.